The number of carbonyl (C=O) groups is 2. The fraction of sp³-hybridized carbons (Fsp3) is 0.222. The molecule has 1 amide bonds. The molecule has 29 heavy (non-hydrogen) atoms. The van der Waals surface area contributed by atoms with Crippen molar-refractivity contribution < 1.29 is 14.7 Å². The molecule has 0 aliphatic rings. The fourth-order valence-electron chi connectivity index (χ4n) is 2.60. The van der Waals surface area contributed by atoms with E-state index in [1.807, 2.05) is 11.9 Å². The van der Waals surface area contributed by atoms with E-state index in [-0.39, 0.29) is 11.8 Å². The average Bonchev–Trinajstić information content (AvgIpc) is 2.68. The zero-order valence-electron chi connectivity index (χ0n) is 15.8. The lowest BCUT2D eigenvalue weighted by atomic mass is 10.1. The molecular weight excluding hydrogens is 376 g/mol. The van der Waals surface area contributed by atoms with Crippen LogP contribution in [0.4, 0.5) is 17.5 Å². The molecule has 1 atom stereocenters. The Morgan fingerprint density at radius 3 is 2.52 bits per heavy atom. The van der Waals surface area contributed by atoms with Crippen molar-refractivity contribution in [3.05, 3.63) is 41.7 Å². The molecule has 0 spiro atoms. The maximum Gasteiger partial charge on any atom is 0.325 e. The first-order chi connectivity index (χ1) is 13.7. The highest BCUT2D eigenvalue weighted by atomic mass is 16.4. The number of hydrogen-bond acceptors (Lipinski definition) is 9. The van der Waals surface area contributed by atoms with Gasteiger partial charge in [0.25, 0.3) is 5.91 Å². The molecular formula is C18H20N8O3. The number of nitrogens with two attached hydrogens (primary N) is 2. The largest absolute Gasteiger partial charge is 0.480 e. The van der Waals surface area contributed by atoms with Gasteiger partial charge in [-0.3, -0.25) is 9.59 Å². The molecule has 6 N–H and O–H groups in total. The number of anilines is 3. The van der Waals surface area contributed by atoms with Crippen molar-refractivity contribution >= 4 is 40.5 Å². The van der Waals surface area contributed by atoms with E-state index < -0.39 is 17.9 Å². The minimum atomic E-state index is -1.10. The number of hydrogen-bond donors (Lipinski definition) is 4. The van der Waals surface area contributed by atoms with E-state index >= 15 is 0 Å². The number of nitrogen functional groups attached to an aromatic ring is 2. The maximum atomic E-state index is 12.1. The fourth-order valence-corrected chi connectivity index (χ4v) is 2.60. The standard InChI is InChI=1S/C18H20N8O3/c1-9(17(28)29)22-16(27)10-3-5-12(6-4-10)26(2)8-11-7-21-15-13(23-11)14(19)24-18(20)25-15/h3-7,9H,8H2,1-2H3,(H,22,27)(H,28,29)(H4,19,20,21,24,25). The molecule has 11 nitrogen and oxygen atoms in total. The number of aromatic nitrogens is 4. The Bertz CT molecular complexity index is 1070. The number of nitrogens with one attached hydrogen (secondary N) is 1. The Hall–Kier alpha value is -4.02. The second kappa shape index (κ2) is 7.92. The summed E-state index contributed by atoms with van der Waals surface area (Å²) in [4.78, 5) is 41.4. The van der Waals surface area contributed by atoms with Gasteiger partial charge in [-0.25, -0.2) is 9.97 Å². The van der Waals surface area contributed by atoms with E-state index in [2.05, 4.69) is 25.3 Å². The van der Waals surface area contributed by atoms with E-state index in [1.54, 1.807) is 30.5 Å². The van der Waals surface area contributed by atoms with Crippen LogP contribution in [0, 0.1) is 0 Å². The van der Waals surface area contributed by atoms with Crippen LogP contribution in [-0.4, -0.2) is 50.0 Å². The number of benzene rings is 1. The van der Waals surface area contributed by atoms with Gasteiger partial charge in [0.2, 0.25) is 5.95 Å². The molecule has 3 aromatic rings. The molecule has 150 valence electrons. The predicted octanol–water partition coefficient (Wildman–Crippen LogP) is 0.424. The molecule has 0 fully saturated rings. The first kappa shape index (κ1) is 19.7. The highest BCUT2D eigenvalue weighted by Gasteiger charge is 2.15. The molecule has 0 saturated heterocycles. The number of amides is 1. The Morgan fingerprint density at radius 1 is 1.17 bits per heavy atom. The van der Waals surface area contributed by atoms with Gasteiger partial charge in [0.05, 0.1) is 18.4 Å². The monoisotopic (exact) mass is 396 g/mol. The second-order valence-corrected chi connectivity index (χ2v) is 6.44. The van der Waals surface area contributed by atoms with E-state index in [0.29, 0.717) is 29.0 Å². The number of carboxylic acid groups (broad SMARTS) is 1. The topological polar surface area (TPSA) is 173 Å². The maximum absolute atomic E-state index is 12.1. The number of rotatable bonds is 6. The lowest BCUT2D eigenvalue weighted by Crippen LogP contribution is -2.38. The normalized spacial score (nSPS) is 11.8. The Morgan fingerprint density at radius 2 is 1.86 bits per heavy atom. The minimum absolute atomic E-state index is 0.0380. The summed E-state index contributed by atoms with van der Waals surface area (Å²) < 4.78 is 0. The van der Waals surface area contributed by atoms with Gasteiger partial charge < -0.3 is 26.8 Å². The van der Waals surface area contributed by atoms with Crippen molar-refractivity contribution in [2.24, 2.45) is 0 Å². The van der Waals surface area contributed by atoms with Crippen molar-refractivity contribution in [2.75, 3.05) is 23.4 Å². The Kier molecular flexibility index (Phi) is 5.39. The van der Waals surface area contributed by atoms with Crippen molar-refractivity contribution in [1.82, 2.24) is 25.3 Å². The van der Waals surface area contributed by atoms with Crippen LogP contribution < -0.4 is 21.7 Å². The van der Waals surface area contributed by atoms with E-state index in [4.69, 9.17) is 16.6 Å². The first-order valence-electron chi connectivity index (χ1n) is 8.64. The second-order valence-electron chi connectivity index (χ2n) is 6.44. The van der Waals surface area contributed by atoms with Crippen molar-refractivity contribution in [3.8, 4) is 0 Å². The summed E-state index contributed by atoms with van der Waals surface area (Å²) in [6, 6.07) is 5.79. The van der Waals surface area contributed by atoms with Crippen LogP contribution in [0.15, 0.2) is 30.5 Å². The lowest BCUT2D eigenvalue weighted by Gasteiger charge is -2.19. The van der Waals surface area contributed by atoms with Crippen LogP contribution in [-0.2, 0) is 11.3 Å². The summed E-state index contributed by atoms with van der Waals surface area (Å²) in [5.74, 6) is -1.35. The SMILES string of the molecule is CC(NC(=O)c1ccc(N(C)Cc2cnc3nc(N)nc(N)c3n2)cc1)C(=O)O. The zero-order chi connectivity index (χ0) is 21.1. The molecule has 2 heterocycles. The van der Waals surface area contributed by atoms with Gasteiger partial charge >= 0.3 is 5.97 Å². The Balaban J connectivity index is 1.72. The van der Waals surface area contributed by atoms with Gasteiger partial charge in [0.1, 0.15) is 6.04 Å². The van der Waals surface area contributed by atoms with Crippen LogP contribution in [0.3, 0.4) is 0 Å². The van der Waals surface area contributed by atoms with Gasteiger partial charge in [-0.1, -0.05) is 0 Å². The third-order valence-corrected chi connectivity index (χ3v) is 4.19. The van der Waals surface area contributed by atoms with Gasteiger partial charge in [0.15, 0.2) is 17.0 Å². The predicted molar refractivity (Wildman–Crippen MR) is 107 cm³/mol. The van der Waals surface area contributed by atoms with Crippen LogP contribution in [0.1, 0.15) is 23.0 Å². The van der Waals surface area contributed by atoms with Crippen molar-refractivity contribution in [3.63, 3.8) is 0 Å². The highest BCUT2D eigenvalue weighted by molar-refractivity contribution is 5.96. The molecule has 0 bridgehead atoms. The smallest absolute Gasteiger partial charge is 0.325 e. The van der Waals surface area contributed by atoms with Crippen molar-refractivity contribution in [2.45, 2.75) is 19.5 Å². The number of carboxylic acids is 1. The highest BCUT2D eigenvalue weighted by Crippen LogP contribution is 2.18. The molecule has 3 rings (SSSR count). The first-order valence-corrected chi connectivity index (χ1v) is 8.64. The third kappa shape index (κ3) is 4.46. The molecule has 1 aromatic carbocycles. The summed E-state index contributed by atoms with van der Waals surface area (Å²) in [6.45, 7) is 1.83. The van der Waals surface area contributed by atoms with Gasteiger partial charge in [0, 0.05) is 18.3 Å². The van der Waals surface area contributed by atoms with E-state index in [9.17, 15) is 9.59 Å². The van der Waals surface area contributed by atoms with E-state index in [0.717, 1.165) is 5.69 Å². The zero-order valence-corrected chi connectivity index (χ0v) is 15.8. The van der Waals surface area contributed by atoms with Crippen LogP contribution in [0.5, 0.6) is 0 Å². The quantitative estimate of drug-likeness (QED) is 0.457. The number of fused-ring (bicyclic) bond motifs is 1. The lowest BCUT2D eigenvalue weighted by molar-refractivity contribution is -0.138. The summed E-state index contributed by atoms with van der Waals surface area (Å²) >= 11 is 0. The van der Waals surface area contributed by atoms with Crippen molar-refractivity contribution in [1.29, 1.82) is 0 Å². The van der Waals surface area contributed by atoms with Crippen LogP contribution >= 0.6 is 0 Å². The minimum Gasteiger partial charge on any atom is -0.480 e. The van der Waals surface area contributed by atoms with Crippen LogP contribution in [0.2, 0.25) is 0 Å². The van der Waals surface area contributed by atoms with Gasteiger partial charge in [-0.2, -0.15) is 9.97 Å². The summed E-state index contributed by atoms with van der Waals surface area (Å²) in [5, 5.41) is 11.3. The molecule has 0 aliphatic carbocycles. The Labute approximate surface area is 165 Å². The number of carbonyl (C=O) groups excluding carboxylic acids is 1. The summed E-state index contributed by atoms with van der Waals surface area (Å²) in [5.41, 5.74) is 14.0. The van der Waals surface area contributed by atoms with Crippen LogP contribution in [0.25, 0.3) is 11.2 Å². The molecule has 0 radical (unpaired) electrons. The molecule has 1 unspecified atom stereocenters. The number of nitrogens with zero attached hydrogens (tertiary/aromatic N) is 5. The molecule has 11 heteroatoms. The third-order valence-electron chi connectivity index (χ3n) is 4.19. The summed E-state index contributed by atoms with van der Waals surface area (Å²) in [7, 11) is 1.86. The molecule has 0 aliphatic heterocycles. The molecule has 0 saturated carbocycles. The summed E-state index contributed by atoms with van der Waals surface area (Å²) in [6.07, 6.45) is 1.58. The van der Waals surface area contributed by atoms with Gasteiger partial charge in [-0.05, 0) is 31.2 Å². The molecule has 2 aromatic heterocycles. The number of aliphatic carboxylic acids is 1. The average molecular weight is 396 g/mol. The van der Waals surface area contributed by atoms with Gasteiger partial charge in [-0.15, -0.1) is 0 Å². The van der Waals surface area contributed by atoms with E-state index in [1.165, 1.54) is 6.92 Å².